The van der Waals surface area contributed by atoms with Crippen LogP contribution in [0, 0.1) is 6.92 Å². The van der Waals surface area contributed by atoms with Gasteiger partial charge < -0.3 is 9.47 Å². The van der Waals surface area contributed by atoms with E-state index in [0.717, 1.165) is 10.6 Å². The SMILES string of the molecule is CNS(=O)(=O)c1cc(/C=C/C(=O)OCc2csc(-c3ccc(C)cc3)n2)ccc1OC. The highest BCUT2D eigenvalue weighted by molar-refractivity contribution is 7.89. The van der Waals surface area contributed by atoms with Crippen LogP contribution in [0.4, 0.5) is 0 Å². The number of thiazole rings is 1. The predicted octanol–water partition coefficient (Wildman–Crippen LogP) is 3.79. The summed E-state index contributed by atoms with van der Waals surface area (Å²) in [7, 11) is -0.998. The summed E-state index contributed by atoms with van der Waals surface area (Å²) in [6, 6.07) is 12.6. The van der Waals surface area contributed by atoms with E-state index in [4.69, 9.17) is 9.47 Å². The molecule has 0 saturated heterocycles. The molecule has 0 radical (unpaired) electrons. The third-order valence-corrected chi connectivity index (χ3v) is 6.75. The highest BCUT2D eigenvalue weighted by Crippen LogP contribution is 2.26. The quantitative estimate of drug-likeness (QED) is 0.408. The summed E-state index contributed by atoms with van der Waals surface area (Å²) < 4.78 is 36.9. The number of rotatable bonds is 8. The second-order valence-corrected chi connectivity index (χ2v) is 9.28. The predicted molar refractivity (Wildman–Crippen MR) is 120 cm³/mol. The molecule has 0 aliphatic carbocycles. The van der Waals surface area contributed by atoms with Crippen molar-refractivity contribution < 1.29 is 22.7 Å². The van der Waals surface area contributed by atoms with E-state index >= 15 is 0 Å². The molecule has 7 nitrogen and oxygen atoms in total. The van der Waals surface area contributed by atoms with Crippen molar-refractivity contribution in [3.8, 4) is 16.3 Å². The summed E-state index contributed by atoms with van der Waals surface area (Å²) in [5.74, 6) is -0.347. The Morgan fingerprint density at radius 3 is 2.61 bits per heavy atom. The van der Waals surface area contributed by atoms with Crippen molar-refractivity contribution in [3.63, 3.8) is 0 Å². The van der Waals surface area contributed by atoms with Crippen LogP contribution in [-0.2, 0) is 26.2 Å². The minimum absolute atomic E-state index is 0.0147. The van der Waals surface area contributed by atoms with Crippen LogP contribution >= 0.6 is 11.3 Å². The highest BCUT2D eigenvalue weighted by atomic mass is 32.2. The molecule has 0 bridgehead atoms. The van der Waals surface area contributed by atoms with Crippen molar-refractivity contribution in [1.82, 2.24) is 9.71 Å². The van der Waals surface area contributed by atoms with E-state index in [2.05, 4.69) is 9.71 Å². The molecule has 3 aromatic rings. The topological polar surface area (TPSA) is 94.6 Å². The van der Waals surface area contributed by atoms with Crippen LogP contribution in [0.5, 0.6) is 5.75 Å². The van der Waals surface area contributed by atoms with Crippen molar-refractivity contribution >= 4 is 33.4 Å². The largest absolute Gasteiger partial charge is 0.495 e. The molecule has 1 heterocycles. The Labute approximate surface area is 185 Å². The fraction of sp³-hybridized carbons (Fsp3) is 0.182. The molecule has 3 rings (SSSR count). The fourth-order valence-electron chi connectivity index (χ4n) is 2.68. The minimum atomic E-state index is -3.70. The average molecular weight is 459 g/mol. The lowest BCUT2D eigenvalue weighted by Crippen LogP contribution is -2.19. The molecular formula is C22H22N2O5S2. The van der Waals surface area contributed by atoms with E-state index in [9.17, 15) is 13.2 Å². The third kappa shape index (κ3) is 5.78. The van der Waals surface area contributed by atoms with E-state index < -0.39 is 16.0 Å². The van der Waals surface area contributed by atoms with Crippen molar-refractivity contribution in [2.45, 2.75) is 18.4 Å². The van der Waals surface area contributed by atoms with Crippen LogP contribution in [0.1, 0.15) is 16.8 Å². The highest BCUT2D eigenvalue weighted by Gasteiger charge is 2.17. The van der Waals surface area contributed by atoms with Crippen LogP contribution in [0.2, 0.25) is 0 Å². The van der Waals surface area contributed by atoms with Gasteiger partial charge in [-0.25, -0.2) is 22.9 Å². The molecule has 0 unspecified atom stereocenters. The number of sulfonamides is 1. The Bertz CT molecular complexity index is 1200. The zero-order chi connectivity index (χ0) is 22.4. The lowest BCUT2D eigenvalue weighted by Gasteiger charge is -2.09. The van der Waals surface area contributed by atoms with Crippen LogP contribution in [0.3, 0.4) is 0 Å². The van der Waals surface area contributed by atoms with E-state index in [0.29, 0.717) is 11.3 Å². The number of nitrogens with one attached hydrogen (secondary N) is 1. The zero-order valence-electron chi connectivity index (χ0n) is 17.3. The summed E-state index contributed by atoms with van der Waals surface area (Å²) in [5, 5.41) is 2.71. The Balaban J connectivity index is 1.64. The second kappa shape index (κ2) is 9.86. The summed E-state index contributed by atoms with van der Waals surface area (Å²) in [6.07, 6.45) is 2.72. The van der Waals surface area contributed by atoms with E-state index in [1.807, 2.05) is 36.6 Å². The normalized spacial score (nSPS) is 11.6. The van der Waals surface area contributed by atoms with Gasteiger partial charge in [-0.2, -0.15) is 0 Å². The Hall–Kier alpha value is -3.01. The number of ether oxygens (including phenoxy) is 2. The average Bonchev–Trinajstić information content (AvgIpc) is 3.25. The number of aryl methyl sites for hydroxylation is 1. The zero-order valence-corrected chi connectivity index (χ0v) is 18.9. The first-order chi connectivity index (χ1) is 14.8. The monoisotopic (exact) mass is 458 g/mol. The summed E-state index contributed by atoms with van der Waals surface area (Å²) in [5.41, 5.74) is 3.37. The number of carbonyl (C=O) groups excluding carboxylic acids is 1. The van der Waals surface area contributed by atoms with Gasteiger partial charge in [0.1, 0.15) is 22.3 Å². The molecule has 31 heavy (non-hydrogen) atoms. The van der Waals surface area contributed by atoms with Gasteiger partial charge in [-0.15, -0.1) is 11.3 Å². The number of hydrogen-bond acceptors (Lipinski definition) is 7. The molecule has 1 aromatic heterocycles. The lowest BCUT2D eigenvalue weighted by molar-refractivity contribution is -0.139. The van der Waals surface area contributed by atoms with Gasteiger partial charge in [0.25, 0.3) is 0 Å². The first-order valence-electron chi connectivity index (χ1n) is 9.30. The van der Waals surface area contributed by atoms with Crippen LogP contribution < -0.4 is 9.46 Å². The number of methoxy groups -OCH3 is 1. The van der Waals surface area contributed by atoms with Gasteiger partial charge in [0.2, 0.25) is 10.0 Å². The molecule has 0 aliphatic rings. The molecule has 162 valence electrons. The molecule has 2 aromatic carbocycles. The summed E-state index contributed by atoms with van der Waals surface area (Å²) in [4.78, 5) is 16.6. The number of benzene rings is 2. The van der Waals surface area contributed by atoms with Gasteiger partial charge in [0, 0.05) is 17.0 Å². The summed E-state index contributed by atoms with van der Waals surface area (Å²) in [6.45, 7) is 2.07. The van der Waals surface area contributed by atoms with Crippen LogP contribution in [0.15, 0.2) is 58.8 Å². The first kappa shape index (κ1) is 22.7. The number of aromatic nitrogens is 1. The maximum atomic E-state index is 12.1. The minimum Gasteiger partial charge on any atom is -0.495 e. The maximum absolute atomic E-state index is 12.1. The molecule has 9 heteroatoms. The van der Waals surface area contributed by atoms with Gasteiger partial charge in [-0.1, -0.05) is 35.9 Å². The number of nitrogens with zero attached hydrogens (tertiary/aromatic N) is 1. The smallest absolute Gasteiger partial charge is 0.331 e. The van der Waals surface area contributed by atoms with Gasteiger partial charge >= 0.3 is 5.97 Å². The molecule has 0 spiro atoms. The van der Waals surface area contributed by atoms with E-state index in [1.165, 1.54) is 55.3 Å². The standard InChI is InChI=1S/C22H22N2O5S2/c1-15-4-8-17(9-5-15)22-24-18(14-30-22)13-29-21(25)11-7-16-6-10-19(28-3)20(12-16)31(26,27)23-2/h4-12,14,23H,13H2,1-3H3/b11-7+. The van der Waals surface area contributed by atoms with E-state index in [-0.39, 0.29) is 17.3 Å². The lowest BCUT2D eigenvalue weighted by atomic mass is 10.2. The number of carbonyl (C=O) groups is 1. The maximum Gasteiger partial charge on any atom is 0.331 e. The van der Waals surface area contributed by atoms with Crippen LogP contribution in [-0.4, -0.2) is 33.5 Å². The van der Waals surface area contributed by atoms with E-state index in [1.54, 1.807) is 6.07 Å². The molecule has 0 fully saturated rings. The second-order valence-electron chi connectivity index (χ2n) is 6.57. The van der Waals surface area contributed by atoms with Gasteiger partial charge in [0.15, 0.2) is 0 Å². The van der Waals surface area contributed by atoms with Crippen LogP contribution in [0.25, 0.3) is 16.6 Å². The van der Waals surface area contributed by atoms with Gasteiger partial charge in [-0.3, -0.25) is 0 Å². The van der Waals surface area contributed by atoms with Crippen molar-refractivity contribution in [3.05, 3.63) is 70.7 Å². The van der Waals surface area contributed by atoms with Crippen molar-refractivity contribution in [1.29, 1.82) is 0 Å². The Kier molecular flexibility index (Phi) is 7.21. The first-order valence-corrected chi connectivity index (χ1v) is 11.7. The molecule has 0 aliphatic heterocycles. The van der Waals surface area contributed by atoms with Crippen molar-refractivity contribution in [2.24, 2.45) is 0 Å². The number of esters is 1. The molecular weight excluding hydrogens is 436 g/mol. The molecule has 1 N–H and O–H groups in total. The van der Waals surface area contributed by atoms with Gasteiger partial charge in [0.05, 0.1) is 12.8 Å². The van der Waals surface area contributed by atoms with Gasteiger partial charge in [-0.05, 0) is 37.7 Å². The number of hydrogen-bond donors (Lipinski definition) is 1. The fourth-order valence-corrected chi connectivity index (χ4v) is 4.41. The molecule has 0 amide bonds. The molecule has 0 atom stereocenters. The third-order valence-electron chi connectivity index (χ3n) is 4.37. The summed E-state index contributed by atoms with van der Waals surface area (Å²) >= 11 is 1.48. The Morgan fingerprint density at radius 1 is 1.19 bits per heavy atom. The van der Waals surface area contributed by atoms with Crippen molar-refractivity contribution in [2.75, 3.05) is 14.2 Å². The Morgan fingerprint density at radius 2 is 1.94 bits per heavy atom. The molecule has 0 saturated carbocycles.